The number of benzene rings is 1. The molecule has 0 saturated heterocycles. The molecule has 5 nitrogen and oxygen atoms in total. The molecule has 1 aromatic carbocycles. The van der Waals surface area contributed by atoms with Crippen LogP contribution in [0.15, 0.2) is 18.2 Å². The number of hydrogen-bond acceptors (Lipinski definition) is 4. The first-order chi connectivity index (χ1) is 9.15. The molecule has 19 heavy (non-hydrogen) atoms. The van der Waals surface area contributed by atoms with Gasteiger partial charge in [-0.05, 0) is 65.8 Å². The van der Waals surface area contributed by atoms with Gasteiger partial charge in [-0.2, -0.15) is 0 Å². The zero-order valence-electron chi connectivity index (χ0n) is 11.4. The molecule has 1 heterocycles. The largest absolute Gasteiger partial charge is 0.399 e. The Bertz CT molecular complexity index is 585. The molecule has 0 radical (unpaired) electrons. The highest BCUT2D eigenvalue weighted by Gasteiger charge is 2.28. The number of nitrogens with two attached hydrogens (primary N) is 1. The average molecular weight is 257 g/mol. The van der Waals surface area contributed by atoms with Crippen molar-refractivity contribution in [2.24, 2.45) is 11.8 Å². The summed E-state index contributed by atoms with van der Waals surface area (Å²) < 4.78 is 1.91. The van der Waals surface area contributed by atoms with Gasteiger partial charge in [0.25, 0.3) is 0 Å². The van der Waals surface area contributed by atoms with Crippen molar-refractivity contribution in [1.82, 2.24) is 20.2 Å². The Hall–Kier alpha value is -1.91. The van der Waals surface area contributed by atoms with Gasteiger partial charge >= 0.3 is 0 Å². The minimum absolute atomic E-state index is 0.636. The normalized spacial score (nSPS) is 16.5. The Morgan fingerprint density at radius 2 is 2.21 bits per heavy atom. The molecule has 5 heteroatoms. The fourth-order valence-corrected chi connectivity index (χ4v) is 2.44. The van der Waals surface area contributed by atoms with E-state index in [2.05, 4.69) is 22.4 Å². The second-order valence-electron chi connectivity index (χ2n) is 5.57. The van der Waals surface area contributed by atoms with Crippen molar-refractivity contribution in [2.75, 3.05) is 5.73 Å². The molecule has 1 unspecified atom stereocenters. The van der Waals surface area contributed by atoms with Gasteiger partial charge in [0.1, 0.15) is 0 Å². The van der Waals surface area contributed by atoms with Crippen LogP contribution in [-0.2, 0) is 6.54 Å². The van der Waals surface area contributed by atoms with Crippen LogP contribution in [0.4, 0.5) is 5.69 Å². The molecular formula is C14H19N5. The van der Waals surface area contributed by atoms with Gasteiger partial charge in [0.2, 0.25) is 0 Å². The number of rotatable bonds is 4. The summed E-state index contributed by atoms with van der Waals surface area (Å²) in [6.07, 6.45) is 2.69. The van der Waals surface area contributed by atoms with Crippen molar-refractivity contribution in [1.29, 1.82) is 0 Å². The summed E-state index contributed by atoms with van der Waals surface area (Å²) in [5.74, 6) is 2.32. The highest BCUT2D eigenvalue weighted by atomic mass is 15.5. The number of aryl methyl sites for hydroxylation is 1. The molecule has 1 aliphatic carbocycles. The second kappa shape index (κ2) is 4.64. The van der Waals surface area contributed by atoms with Gasteiger partial charge in [-0.15, -0.1) is 5.10 Å². The molecule has 1 fully saturated rings. The predicted octanol–water partition coefficient (Wildman–Crippen LogP) is 2.28. The molecule has 0 bridgehead atoms. The third kappa shape index (κ3) is 2.45. The van der Waals surface area contributed by atoms with Crippen LogP contribution in [0.5, 0.6) is 0 Å². The second-order valence-corrected chi connectivity index (χ2v) is 5.57. The van der Waals surface area contributed by atoms with E-state index >= 15 is 0 Å². The van der Waals surface area contributed by atoms with E-state index in [-0.39, 0.29) is 0 Å². The third-order valence-electron chi connectivity index (χ3n) is 3.95. The van der Waals surface area contributed by atoms with E-state index in [9.17, 15) is 0 Å². The van der Waals surface area contributed by atoms with Gasteiger partial charge in [-0.3, -0.25) is 0 Å². The van der Waals surface area contributed by atoms with Gasteiger partial charge in [-0.1, -0.05) is 6.92 Å². The Labute approximate surface area is 112 Å². The smallest absolute Gasteiger partial charge is 0.182 e. The van der Waals surface area contributed by atoms with E-state index in [1.165, 1.54) is 12.8 Å². The maximum absolute atomic E-state index is 5.85. The van der Waals surface area contributed by atoms with E-state index in [1.54, 1.807) is 0 Å². The summed E-state index contributed by atoms with van der Waals surface area (Å²) >= 11 is 0. The number of aromatic nitrogens is 4. The van der Waals surface area contributed by atoms with Crippen LogP contribution in [0.2, 0.25) is 0 Å². The minimum atomic E-state index is 0.636. The van der Waals surface area contributed by atoms with Crippen LogP contribution in [0.3, 0.4) is 0 Å². The van der Waals surface area contributed by atoms with Crippen LogP contribution in [0, 0.1) is 18.8 Å². The number of tetrazole rings is 1. The van der Waals surface area contributed by atoms with Gasteiger partial charge in [0.15, 0.2) is 5.82 Å². The maximum atomic E-state index is 5.85. The molecule has 100 valence electrons. The lowest BCUT2D eigenvalue weighted by molar-refractivity contribution is 0.402. The molecule has 0 aliphatic heterocycles. The van der Waals surface area contributed by atoms with E-state index in [1.807, 2.05) is 29.8 Å². The zero-order valence-corrected chi connectivity index (χ0v) is 11.4. The number of nitrogen functional groups attached to an aromatic ring is 1. The van der Waals surface area contributed by atoms with Crippen molar-refractivity contribution in [2.45, 2.75) is 33.2 Å². The lowest BCUT2D eigenvalue weighted by atomic mass is 10.1. The lowest BCUT2D eigenvalue weighted by Gasteiger charge is -2.11. The van der Waals surface area contributed by atoms with Crippen LogP contribution in [-0.4, -0.2) is 20.2 Å². The first kappa shape index (κ1) is 12.1. The molecule has 2 aromatic rings. The van der Waals surface area contributed by atoms with E-state index < -0.39 is 0 Å². The maximum Gasteiger partial charge on any atom is 0.182 e. The molecule has 0 amide bonds. The van der Waals surface area contributed by atoms with E-state index in [0.29, 0.717) is 5.92 Å². The molecule has 1 aliphatic rings. The highest BCUT2D eigenvalue weighted by Crippen LogP contribution is 2.37. The monoisotopic (exact) mass is 257 g/mol. The molecule has 0 spiro atoms. The lowest BCUT2D eigenvalue weighted by Crippen LogP contribution is -2.12. The average Bonchev–Trinajstić information content (AvgIpc) is 3.14. The molecule has 1 aromatic heterocycles. The van der Waals surface area contributed by atoms with Gasteiger partial charge < -0.3 is 5.73 Å². The van der Waals surface area contributed by atoms with Crippen molar-refractivity contribution in [3.8, 4) is 11.4 Å². The fraction of sp³-hybridized carbons (Fsp3) is 0.500. The van der Waals surface area contributed by atoms with Crippen LogP contribution < -0.4 is 5.73 Å². The summed E-state index contributed by atoms with van der Waals surface area (Å²) in [5, 5.41) is 12.1. The van der Waals surface area contributed by atoms with Gasteiger partial charge in [0, 0.05) is 17.8 Å². The Kier molecular flexibility index (Phi) is 2.97. The van der Waals surface area contributed by atoms with E-state index in [0.717, 1.165) is 35.1 Å². The Balaban J connectivity index is 1.87. The summed E-state index contributed by atoms with van der Waals surface area (Å²) in [6, 6.07) is 5.93. The Morgan fingerprint density at radius 3 is 2.89 bits per heavy atom. The minimum Gasteiger partial charge on any atom is -0.399 e. The van der Waals surface area contributed by atoms with Crippen molar-refractivity contribution < 1.29 is 0 Å². The van der Waals surface area contributed by atoms with E-state index in [4.69, 9.17) is 5.73 Å². The quantitative estimate of drug-likeness (QED) is 0.853. The summed E-state index contributed by atoms with van der Waals surface area (Å²) in [7, 11) is 0. The third-order valence-corrected chi connectivity index (χ3v) is 3.95. The first-order valence-electron chi connectivity index (χ1n) is 6.78. The van der Waals surface area contributed by atoms with Crippen molar-refractivity contribution in [3.63, 3.8) is 0 Å². The summed E-state index contributed by atoms with van der Waals surface area (Å²) in [6.45, 7) is 5.16. The van der Waals surface area contributed by atoms with Crippen LogP contribution in [0.25, 0.3) is 11.4 Å². The van der Waals surface area contributed by atoms with Crippen molar-refractivity contribution >= 4 is 5.69 Å². The van der Waals surface area contributed by atoms with Gasteiger partial charge in [-0.25, -0.2) is 4.68 Å². The molecule has 1 saturated carbocycles. The molecule has 1 atom stereocenters. The summed E-state index contributed by atoms with van der Waals surface area (Å²) in [4.78, 5) is 0. The molecule has 2 N–H and O–H groups in total. The molecule has 3 rings (SSSR count). The van der Waals surface area contributed by atoms with Gasteiger partial charge in [0.05, 0.1) is 0 Å². The number of anilines is 1. The number of nitrogens with zero attached hydrogens (tertiary/aromatic N) is 4. The predicted molar refractivity (Wildman–Crippen MR) is 74.3 cm³/mol. The Morgan fingerprint density at radius 1 is 1.42 bits per heavy atom. The van der Waals surface area contributed by atoms with Crippen molar-refractivity contribution in [3.05, 3.63) is 23.8 Å². The van der Waals surface area contributed by atoms with Crippen LogP contribution >= 0.6 is 0 Å². The number of hydrogen-bond donors (Lipinski definition) is 1. The fourth-order valence-electron chi connectivity index (χ4n) is 2.44. The SMILES string of the molecule is Cc1cc(-c2nnnn2CC(C)C2CC2)ccc1N. The summed E-state index contributed by atoms with van der Waals surface area (Å²) in [5.41, 5.74) is 8.74. The highest BCUT2D eigenvalue weighted by molar-refractivity contribution is 5.61. The standard InChI is InChI=1S/C14H19N5/c1-9-7-12(5-6-13(9)15)14-16-17-18-19(14)8-10(2)11-3-4-11/h5-7,10-11H,3-4,8,15H2,1-2H3. The topological polar surface area (TPSA) is 69.6 Å². The first-order valence-corrected chi connectivity index (χ1v) is 6.78. The molecular weight excluding hydrogens is 238 g/mol. The van der Waals surface area contributed by atoms with Crippen LogP contribution in [0.1, 0.15) is 25.3 Å². The zero-order chi connectivity index (χ0) is 13.4.